The van der Waals surface area contributed by atoms with Gasteiger partial charge in [0.25, 0.3) is 0 Å². The van der Waals surface area contributed by atoms with Crippen molar-refractivity contribution in [2.75, 3.05) is 19.8 Å². The Bertz CT molecular complexity index is 985. The molecule has 4 rings (SSSR count). The highest BCUT2D eigenvalue weighted by atomic mass is 17.4. The van der Waals surface area contributed by atoms with Crippen LogP contribution in [0.25, 0.3) is 0 Å². The topological polar surface area (TPSA) is 452 Å². The lowest BCUT2D eigenvalue weighted by molar-refractivity contribution is -0.465. The van der Waals surface area contributed by atoms with Crippen molar-refractivity contribution in [3.8, 4) is 0 Å². The van der Waals surface area contributed by atoms with Crippen LogP contribution in [0.15, 0.2) is 23.0 Å². The molecule has 1 saturated heterocycles. The van der Waals surface area contributed by atoms with Crippen LogP contribution in [0.2, 0.25) is 0 Å². The number of Topliss-reactive ketones (excluding diaryl/α,β-unsaturated/α-hetero) is 1. The molecule has 2 fully saturated rings. The molecule has 1 aromatic rings. The number of nitrogens with zero attached hydrogens (tertiary/aromatic N) is 4. The zero-order valence-corrected chi connectivity index (χ0v) is 24.9. The number of ketones is 1. The van der Waals surface area contributed by atoms with E-state index in [1.807, 2.05) is 0 Å². The van der Waals surface area contributed by atoms with Crippen LogP contribution in [0.3, 0.4) is 0 Å². The number of aliphatic hydroxyl groups excluding tert-OH is 6. The van der Waals surface area contributed by atoms with E-state index in [-0.39, 0.29) is 63.5 Å². The van der Waals surface area contributed by atoms with E-state index in [4.69, 9.17) is 72.6 Å². The van der Waals surface area contributed by atoms with Crippen molar-refractivity contribution in [3.05, 3.63) is 23.7 Å². The number of ether oxygens (including phenoxy) is 2. The maximum atomic E-state index is 12.8. The Morgan fingerprint density at radius 2 is 1.43 bits per heavy atom. The van der Waals surface area contributed by atoms with E-state index in [2.05, 4.69) is 20.3 Å². The molecule has 8 unspecified atom stereocenters. The molecule has 49 heavy (non-hydrogen) atoms. The number of aromatic nitrogens is 3. The minimum atomic E-state index is -1.46. The van der Waals surface area contributed by atoms with Crippen LogP contribution in [0.1, 0.15) is 32.4 Å². The van der Waals surface area contributed by atoms with E-state index in [1.54, 1.807) is 6.08 Å². The predicted octanol–water partition coefficient (Wildman–Crippen LogP) is -2.01. The molecule has 1 saturated carbocycles. The normalized spacial score (nSPS) is 25.9. The van der Waals surface area contributed by atoms with Gasteiger partial charge in [0, 0.05) is 31.1 Å². The van der Waals surface area contributed by atoms with Crippen molar-refractivity contribution < 1.29 is 113 Å². The Labute approximate surface area is 276 Å². The zero-order chi connectivity index (χ0) is 37.8. The predicted molar refractivity (Wildman–Crippen MR) is 157 cm³/mol. The summed E-state index contributed by atoms with van der Waals surface area (Å²) in [5.41, 5.74) is 1.38. The van der Waals surface area contributed by atoms with Crippen molar-refractivity contribution in [3.63, 3.8) is 0 Å². The number of aliphatic hydroxyl groups is 6. The number of hydrogen-bond donors (Lipinski definition) is 18. The average molecular weight is 733 g/mol. The smallest absolute Gasteiger partial charge is 0.202 e. The number of allylic oxidation sites excluding steroid dienone is 2. The Morgan fingerprint density at radius 3 is 1.94 bits per heavy atom. The monoisotopic (exact) mass is 732 g/mol. The van der Waals surface area contributed by atoms with Crippen LogP contribution in [0, 0.1) is 11.8 Å². The molecule has 0 bridgehead atoms. The fraction of sp³-hybridized carbons (Fsp3) is 0.739. The van der Waals surface area contributed by atoms with Gasteiger partial charge in [0.1, 0.15) is 36.7 Å². The first-order chi connectivity index (χ1) is 23.2. The Balaban J connectivity index is -0.000000644. The highest BCUT2D eigenvalue weighted by Gasteiger charge is 2.44. The third-order valence-corrected chi connectivity index (χ3v) is 6.95. The molecule has 26 heteroatoms. The second kappa shape index (κ2) is 32.6. The molecular formula is C23H48N4O22. The Kier molecular flexibility index (Phi) is 35.4. The Hall–Kier alpha value is -2.62. The molecule has 8 atom stereocenters. The molecule has 1 aromatic heterocycles. The number of carbonyl (C=O) groups is 1. The van der Waals surface area contributed by atoms with Gasteiger partial charge in [-0.25, -0.2) is 15.2 Å². The van der Waals surface area contributed by atoms with Crippen molar-refractivity contribution in [2.45, 2.75) is 76.5 Å². The SMILES string of the molecule is C.O=C(Cn1nncc1COCC1C(O)CC1CO)C1=CCC(CC2OC(CO)C(O)C(O)C2O)=N1.OO.OO.OO.OO.OO.OOO. The molecule has 0 aromatic carbocycles. The van der Waals surface area contributed by atoms with Gasteiger partial charge in [-0.2, -0.15) is 0 Å². The van der Waals surface area contributed by atoms with E-state index in [0.717, 1.165) is 0 Å². The minimum absolute atomic E-state index is 0. The summed E-state index contributed by atoms with van der Waals surface area (Å²) in [5, 5.41) is 142. The molecule has 0 spiro atoms. The van der Waals surface area contributed by atoms with Gasteiger partial charge in [0.05, 0.1) is 43.9 Å². The molecule has 1 aliphatic carbocycles. The van der Waals surface area contributed by atoms with Crippen LogP contribution in [0.4, 0.5) is 0 Å². The molecule has 26 nitrogen and oxygen atoms in total. The van der Waals surface area contributed by atoms with Crippen LogP contribution in [0.5, 0.6) is 0 Å². The summed E-state index contributed by atoms with van der Waals surface area (Å²) in [7, 11) is 0. The third kappa shape index (κ3) is 17.2. The fourth-order valence-electron chi connectivity index (χ4n) is 4.64. The summed E-state index contributed by atoms with van der Waals surface area (Å²) in [6, 6.07) is 0. The fourth-order valence-corrected chi connectivity index (χ4v) is 4.64. The lowest BCUT2D eigenvalue weighted by atomic mass is 9.72. The summed E-state index contributed by atoms with van der Waals surface area (Å²) < 4.78 is 12.6. The van der Waals surface area contributed by atoms with Crippen molar-refractivity contribution in [1.82, 2.24) is 15.0 Å². The standard InChI is InChI=1S/C22H32N4O9.CH4.H2O3.5H2O2/c27-7-11-3-16(29)14(11)10-34-9-13-5-23-25-26(13)6-17(30)15-2-1-12(24-15)4-18-20(31)22(33)21(32)19(8-28)35-18;;1-3-2;5*1-2/h2,5,11,14,16,18-22,27-29,31-33H,1,3-4,6-10H2;1H4;1-2H;5*1-2H. The second-order valence-corrected chi connectivity index (χ2v) is 9.36. The van der Waals surface area contributed by atoms with Gasteiger partial charge >= 0.3 is 0 Å². The Morgan fingerprint density at radius 1 is 0.878 bits per heavy atom. The lowest BCUT2D eigenvalue weighted by Gasteiger charge is -2.40. The van der Waals surface area contributed by atoms with E-state index in [0.29, 0.717) is 24.2 Å². The highest BCUT2D eigenvalue weighted by Crippen LogP contribution is 2.34. The van der Waals surface area contributed by atoms with Crippen molar-refractivity contribution in [1.29, 1.82) is 0 Å². The maximum absolute atomic E-state index is 12.8. The van der Waals surface area contributed by atoms with Gasteiger partial charge in [-0.15, -0.1) is 5.10 Å². The molecule has 292 valence electrons. The largest absolute Gasteiger partial charge is 0.396 e. The first kappa shape index (κ1) is 53.2. The lowest BCUT2D eigenvalue weighted by Crippen LogP contribution is -2.58. The van der Waals surface area contributed by atoms with Gasteiger partial charge in [0.15, 0.2) is 0 Å². The minimum Gasteiger partial charge on any atom is -0.396 e. The second-order valence-electron chi connectivity index (χ2n) is 9.36. The summed E-state index contributed by atoms with van der Waals surface area (Å²) in [4.78, 5) is 17.1. The molecule has 3 aliphatic rings. The van der Waals surface area contributed by atoms with E-state index in [1.165, 1.54) is 10.9 Å². The number of aliphatic imine (C=N–C) groups is 1. The number of hydrogen-bond acceptors (Lipinski definition) is 25. The highest BCUT2D eigenvalue weighted by molar-refractivity contribution is 6.02. The summed E-state index contributed by atoms with van der Waals surface area (Å²) in [6.07, 6.45) is -2.42. The number of rotatable bonds is 11. The van der Waals surface area contributed by atoms with E-state index >= 15 is 0 Å². The summed E-state index contributed by atoms with van der Waals surface area (Å²) in [6.45, 7) is -0.183. The van der Waals surface area contributed by atoms with Crippen LogP contribution in [-0.2, 0) is 32.5 Å². The summed E-state index contributed by atoms with van der Waals surface area (Å²) in [5.74, 6) is -0.389. The summed E-state index contributed by atoms with van der Waals surface area (Å²) >= 11 is 0. The van der Waals surface area contributed by atoms with E-state index < -0.39 is 43.2 Å². The first-order valence-corrected chi connectivity index (χ1v) is 13.0. The van der Waals surface area contributed by atoms with Crippen LogP contribution in [-0.4, -0.2) is 177 Å². The van der Waals surface area contributed by atoms with Crippen molar-refractivity contribution >= 4 is 11.5 Å². The molecule has 0 radical (unpaired) electrons. The number of carbonyl (C=O) groups excluding carboxylic acids is 1. The third-order valence-electron chi connectivity index (χ3n) is 6.95. The van der Waals surface area contributed by atoms with Crippen LogP contribution >= 0.6 is 0 Å². The van der Waals surface area contributed by atoms with Gasteiger partial charge in [-0.3, -0.25) is 62.4 Å². The molecular weight excluding hydrogens is 684 g/mol. The molecule has 2 aliphatic heterocycles. The average Bonchev–Trinajstić information content (AvgIpc) is 3.80. The van der Waals surface area contributed by atoms with E-state index in [9.17, 15) is 35.4 Å². The van der Waals surface area contributed by atoms with Crippen LogP contribution < -0.4 is 0 Å². The van der Waals surface area contributed by atoms with Gasteiger partial charge in [-0.05, 0) is 18.4 Å². The van der Waals surface area contributed by atoms with Crippen molar-refractivity contribution in [2.24, 2.45) is 16.8 Å². The first-order valence-electron chi connectivity index (χ1n) is 13.0. The maximum Gasteiger partial charge on any atom is 0.202 e. The quantitative estimate of drug-likeness (QED) is 0.0862. The van der Waals surface area contributed by atoms with Gasteiger partial charge < -0.3 is 40.1 Å². The van der Waals surface area contributed by atoms with Gasteiger partial charge in [0.2, 0.25) is 5.78 Å². The van der Waals surface area contributed by atoms with Gasteiger partial charge in [-0.1, -0.05) is 17.7 Å². The molecule has 3 heterocycles. The molecule has 18 N–H and O–H groups in total. The zero-order valence-electron chi connectivity index (χ0n) is 24.9. The molecule has 0 amide bonds.